The molecule has 0 heterocycles. The van der Waals surface area contributed by atoms with Gasteiger partial charge in [0.2, 0.25) is 5.91 Å². The van der Waals surface area contributed by atoms with Crippen molar-refractivity contribution >= 4 is 17.7 Å². The lowest BCUT2D eigenvalue weighted by molar-refractivity contribution is -0.130. The highest BCUT2D eigenvalue weighted by Crippen LogP contribution is 2.61. The van der Waals surface area contributed by atoms with Crippen LogP contribution in [0.25, 0.3) is 0 Å². The molecule has 2 saturated carbocycles. The van der Waals surface area contributed by atoms with Crippen LogP contribution >= 0.6 is 0 Å². The number of nitrogens with one attached hydrogen (secondary N) is 1. The molecule has 0 spiro atoms. The van der Waals surface area contributed by atoms with E-state index >= 15 is 0 Å². The normalized spacial score (nSPS) is 26.2. The van der Waals surface area contributed by atoms with Crippen LogP contribution in [0.3, 0.4) is 0 Å². The Morgan fingerprint density at radius 2 is 1.64 bits per heavy atom. The summed E-state index contributed by atoms with van der Waals surface area (Å²) in [7, 11) is 1.70. The highest BCUT2D eigenvalue weighted by atomic mass is 16.5. The van der Waals surface area contributed by atoms with Gasteiger partial charge in [-0.15, -0.1) is 0 Å². The maximum Gasteiger partial charge on any atom is 0.343 e. The van der Waals surface area contributed by atoms with Crippen molar-refractivity contribution < 1.29 is 19.1 Å². The predicted molar refractivity (Wildman–Crippen MR) is 167 cm³/mol. The largest absolute Gasteiger partial charge is 0.423 e. The van der Waals surface area contributed by atoms with Crippen molar-refractivity contribution in [2.75, 3.05) is 7.05 Å². The lowest BCUT2D eigenvalue weighted by Gasteiger charge is -2.51. The first kappa shape index (κ1) is 30.5. The van der Waals surface area contributed by atoms with Gasteiger partial charge in [0.05, 0.1) is 5.56 Å². The number of unbranched alkanes of at least 4 members (excludes halogenated alkanes) is 7. The molecule has 0 aliphatic heterocycles. The predicted octanol–water partition coefficient (Wildman–Crippen LogP) is 8.20. The van der Waals surface area contributed by atoms with E-state index in [0.717, 1.165) is 44.9 Å². The molecule has 5 heteroatoms. The van der Waals surface area contributed by atoms with Crippen molar-refractivity contribution in [2.45, 2.75) is 109 Å². The smallest absolute Gasteiger partial charge is 0.343 e. The number of hydrogen-bond acceptors (Lipinski definition) is 4. The Kier molecular flexibility index (Phi) is 10.2. The number of hydrogen-bond donors (Lipinski definition) is 1. The molecule has 0 aromatic heterocycles. The van der Waals surface area contributed by atoms with Crippen molar-refractivity contribution in [3.8, 4) is 5.75 Å². The van der Waals surface area contributed by atoms with E-state index < -0.39 is 0 Å². The molecule has 2 aromatic rings. The van der Waals surface area contributed by atoms with Crippen LogP contribution in [-0.2, 0) is 16.0 Å². The number of benzene rings is 2. The van der Waals surface area contributed by atoms with E-state index in [9.17, 15) is 14.4 Å². The summed E-state index contributed by atoms with van der Waals surface area (Å²) in [6.07, 6.45) is 16.4. The monoisotopic (exact) mass is 571 g/mol. The number of esters is 1. The average Bonchev–Trinajstić information content (AvgIpc) is 3.31. The molecule has 1 amide bonds. The molecule has 1 N–H and O–H groups in total. The fourth-order valence-electron chi connectivity index (χ4n) is 8.50. The van der Waals surface area contributed by atoms with Gasteiger partial charge in [-0.25, -0.2) is 4.79 Å². The summed E-state index contributed by atoms with van der Waals surface area (Å²) in [5, 5.41) is 2.70. The van der Waals surface area contributed by atoms with Crippen LogP contribution in [0.15, 0.2) is 48.5 Å². The van der Waals surface area contributed by atoms with Gasteiger partial charge < -0.3 is 10.1 Å². The van der Waals surface area contributed by atoms with Crippen molar-refractivity contribution in [3.63, 3.8) is 0 Å². The molecule has 3 aliphatic carbocycles. The number of carbonyl (C=O) groups excluding carboxylic acids is 3. The van der Waals surface area contributed by atoms with Crippen LogP contribution in [-0.4, -0.2) is 24.7 Å². The molecular weight excluding hydrogens is 522 g/mol. The molecule has 2 aromatic carbocycles. The second-order valence-electron chi connectivity index (χ2n) is 13.3. The van der Waals surface area contributed by atoms with E-state index in [2.05, 4.69) is 24.4 Å². The van der Waals surface area contributed by atoms with Gasteiger partial charge >= 0.3 is 5.97 Å². The second kappa shape index (κ2) is 14.0. The summed E-state index contributed by atoms with van der Waals surface area (Å²) in [5.41, 5.74) is 3.19. The van der Waals surface area contributed by atoms with Gasteiger partial charge in [0, 0.05) is 25.3 Å². The molecule has 5 rings (SSSR count). The molecule has 3 unspecified atom stereocenters. The highest BCUT2D eigenvalue weighted by molar-refractivity contribution is 5.91. The maximum absolute atomic E-state index is 13.0. The molecule has 0 bridgehead atoms. The summed E-state index contributed by atoms with van der Waals surface area (Å²) >= 11 is 0. The lowest BCUT2D eigenvalue weighted by atomic mass is 9.52. The number of carbonyl (C=O) groups is 3. The number of Topliss-reactive ketones (excluding diaryl/α,β-unsaturated/α-hetero) is 1. The average molecular weight is 572 g/mol. The maximum atomic E-state index is 13.0. The first-order valence-corrected chi connectivity index (χ1v) is 16.5. The Morgan fingerprint density at radius 3 is 2.38 bits per heavy atom. The van der Waals surface area contributed by atoms with E-state index in [0.29, 0.717) is 47.2 Å². The molecule has 5 nitrogen and oxygen atoms in total. The summed E-state index contributed by atoms with van der Waals surface area (Å²) in [6.45, 7) is 2.26. The zero-order chi connectivity index (χ0) is 29.5. The van der Waals surface area contributed by atoms with Gasteiger partial charge in [-0.05, 0) is 97.6 Å². The van der Waals surface area contributed by atoms with Gasteiger partial charge in [-0.3, -0.25) is 9.59 Å². The first-order chi connectivity index (χ1) is 20.4. The zero-order valence-electron chi connectivity index (χ0n) is 25.7. The van der Waals surface area contributed by atoms with Gasteiger partial charge in [-0.2, -0.15) is 0 Å². The van der Waals surface area contributed by atoms with Gasteiger partial charge in [0.25, 0.3) is 0 Å². The molecule has 3 aliphatic rings. The van der Waals surface area contributed by atoms with Crippen LogP contribution in [0.4, 0.5) is 0 Å². The van der Waals surface area contributed by atoms with Crippen LogP contribution in [0.1, 0.15) is 124 Å². The SMILES string of the molecule is CNC(=O)CCCCCCCCCC[C@@H]1Cc2cc(OC(=O)c3ccccc3)ccc2C2CC[C@]3(C)C(=O)CCC3C21. The Labute approximate surface area is 252 Å². The third kappa shape index (κ3) is 6.82. The van der Waals surface area contributed by atoms with Crippen LogP contribution < -0.4 is 10.1 Å². The third-order valence-electron chi connectivity index (χ3n) is 10.8. The standard InChI is InChI=1S/C37H49NO4/c1-37-23-22-31-30-19-18-29(42-36(41)26-14-11-9-12-15-26)25-28(30)24-27(35(31)32(37)20-21-33(37)39)16-10-7-5-3-4-6-8-13-17-34(40)38-2/h9,11-12,14-15,18-19,25,27,31-32,35H,3-8,10,13,16-17,20-24H2,1-2H3,(H,38,40)/t27-,31?,32?,35?,37+/m1/s1. The van der Waals surface area contributed by atoms with Crippen LogP contribution in [0, 0.1) is 23.2 Å². The van der Waals surface area contributed by atoms with Crippen molar-refractivity contribution in [3.05, 3.63) is 65.2 Å². The summed E-state index contributed by atoms with van der Waals surface area (Å²) < 4.78 is 5.81. The third-order valence-corrected chi connectivity index (χ3v) is 10.8. The molecule has 2 fully saturated rings. The number of amides is 1. The minimum Gasteiger partial charge on any atom is -0.423 e. The quantitative estimate of drug-likeness (QED) is 0.149. The Balaban J connectivity index is 1.20. The van der Waals surface area contributed by atoms with Gasteiger partial charge in [-0.1, -0.05) is 76.1 Å². The molecular formula is C37H49NO4. The summed E-state index contributed by atoms with van der Waals surface area (Å²) in [4.78, 5) is 37.1. The van der Waals surface area contributed by atoms with E-state index in [4.69, 9.17) is 4.74 Å². The molecule has 0 saturated heterocycles. The highest BCUT2D eigenvalue weighted by Gasteiger charge is 2.56. The Hall–Kier alpha value is -2.95. The molecule has 0 radical (unpaired) electrons. The van der Waals surface area contributed by atoms with Crippen LogP contribution in [0.5, 0.6) is 5.75 Å². The first-order valence-electron chi connectivity index (χ1n) is 16.5. The minimum atomic E-state index is -0.315. The van der Waals surface area contributed by atoms with Crippen molar-refractivity contribution in [1.29, 1.82) is 0 Å². The van der Waals surface area contributed by atoms with Gasteiger partial charge in [0.1, 0.15) is 11.5 Å². The van der Waals surface area contributed by atoms with E-state index in [1.807, 2.05) is 24.3 Å². The Bertz CT molecular complexity index is 1240. The van der Waals surface area contributed by atoms with Gasteiger partial charge in [0.15, 0.2) is 0 Å². The summed E-state index contributed by atoms with van der Waals surface area (Å²) in [6, 6.07) is 15.5. The van der Waals surface area contributed by atoms with E-state index in [1.54, 1.807) is 19.2 Å². The number of ketones is 1. The van der Waals surface area contributed by atoms with Crippen LogP contribution in [0.2, 0.25) is 0 Å². The second-order valence-corrected chi connectivity index (χ2v) is 13.3. The lowest BCUT2D eigenvalue weighted by Crippen LogP contribution is -2.46. The van der Waals surface area contributed by atoms with Crippen molar-refractivity contribution in [1.82, 2.24) is 5.32 Å². The fraction of sp³-hybridized carbons (Fsp3) is 0.595. The topological polar surface area (TPSA) is 72.5 Å². The fourth-order valence-corrected chi connectivity index (χ4v) is 8.50. The molecule has 226 valence electrons. The van der Waals surface area contributed by atoms with Crippen molar-refractivity contribution in [2.24, 2.45) is 23.2 Å². The summed E-state index contributed by atoms with van der Waals surface area (Å²) in [5.74, 6) is 3.09. The van der Waals surface area contributed by atoms with E-state index in [-0.39, 0.29) is 17.3 Å². The number of rotatable bonds is 13. The minimum absolute atomic E-state index is 0.139. The Morgan fingerprint density at radius 1 is 0.929 bits per heavy atom. The van der Waals surface area contributed by atoms with E-state index in [1.165, 1.54) is 56.1 Å². The zero-order valence-corrected chi connectivity index (χ0v) is 25.7. The number of fused-ring (bicyclic) bond motifs is 5. The molecule has 42 heavy (non-hydrogen) atoms. The molecule has 5 atom stereocenters. The number of ether oxygens (including phenoxy) is 1.